The number of nitrogen functional groups attached to an aromatic ring is 1. The molecule has 0 atom stereocenters. The number of nitrogens with two attached hydrogens (primary N) is 1. The zero-order chi connectivity index (χ0) is 12.8. The molecule has 2 aromatic rings. The van der Waals surface area contributed by atoms with Crippen molar-refractivity contribution in [2.75, 3.05) is 12.3 Å². The second-order valence-electron chi connectivity index (χ2n) is 3.90. The summed E-state index contributed by atoms with van der Waals surface area (Å²) < 4.78 is 5.61. The van der Waals surface area contributed by atoms with Crippen LogP contribution in [0.1, 0.15) is 12.5 Å². The predicted octanol–water partition coefficient (Wildman–Crippen LogP) is 3.96. The second kappa shape index (κ2) is 6.36. The zero-order valence-electron chi connectivity index (χ0n) is 10.4. The minimum Gasteiger partial charge on any atom is -0.494 e. The normalized spacial score (nSPS) is 10.3. The lowest BCUT2D eigenvalue weighted by molar-refractivity contribution is 0.337. The van der Waals surface area contributed by atoms with Gasteiger partial charge in [0.25, 0.3) is 0 Å². The van der Waals surface area contributed by atoms with Gasteiger partial charge in [0.2, 0.25) is 0 Å². The van der Waals surface area contributed by atoms with Gasteiger partial charge in [0.15, 0.2) is 0 Å². The van der Waals surface area contributed by atoms with E-state index in [-0.39, 0.29) is 0 Å². The average molecular weight is 259 g/mol. The fourth-order valence-electron chi connectivity index (χ4n) is 1.64. The lowest BCUT2D eigenvalue weighted by atomic mass is 10.2. The molecule has 0 bridgehead atoms. The predicted molar refractivity (Wildman–Crippen MR) is 78.0 cm³/mol. The lowest BCUT2D eigenvalue weighted by Gasteiger charge is -2.09. The number of thioether (sulfide) groups is 1. The van der Waals surface area contributed by atoms with Crippen molar-refractivity contribution >= 4 is 17.4 Å². The molecule has 0 aliphatic carbocycles. The van der Waals surface area contributed by atoms with Crippen molar-refractivity contribution in [3.8, 4) is 5.75 Å². The Labute approximate surface area is 112 Å². The van der Waals surface area contributed by atoms with E-state index in [4.69, 9.17) is 10.5 Å². The minimum atomic E-state index is 0.698. The highest BCUT2D eigenvalue weighted by molar-refractivity contribution is 7.98. The highest BCUT2D eigenvalue weighted by Crippen LogP contribution is 2.28. The Balaban J connectivity index is 2.03. The Morgan fingerprint density at radius 1 is 1.06 bits per heavy atom. The molecule has 2 N–H and O–H groups in total. The summed E-state index contributed by atoms with van der Waals surface area (Å²) >= 11 is 1.79. The molecule has 0 spiro atoms. The summed E-state index contributed by atoms with van der Waals surface area (Å²) in [5.74, 6) is 1.88. The van der Waals surface area contributed by atoms with Crippen molar-refractivity contribution in [2.45, 2.75) is 17.6 Å². The standard InChI is InChI=1S/C15H17NOS/c1-2-17-15-6-4-3-5-12(15)11-18-14-9-7-13(16)8-10-14/h3-10H,2,11,16H2,1H3. The molecule has 18 heavy (non-hydrogen) atoms. The SMILES string of the molecule is CCOc1ccccc1CSc1ccc(N)cc1. The first kappa shape index (κ1) is 12.8. The Morgan fingerprint density at radius 3 is 2.50 bits per heavy atom. The monoisotopic (exact) mass is 259 g/mol. The van der Waals surface area contributed by atoms with Crippen LogP contribution in [0.15, 0.2) is 53.4 Å². The summed E-state index contributed by atoms with van der Waals surface area (Å²) in [7, 11) is 0. The summed E-state index contributed by atoms with van der Waals surface area (Å²) in [6.07, 6.45) is 0. The fraction of sp³-hybridized carbons (Fsp3) is 0.200. The van der Waals surface area contributed by atoms with Crippen molar-refractivity contribution in [1.29, 1.82) is 0 Å². The van der Waals surface area contributed by atoms with E-state index in [1.807, 2.05) is 49.4 Å². The quantitative estimate of drug-likeness (QED) is 0.652. The van der Waals surface area contributed by atoms with Crippen LogP contribution in [-0.4, -0.2) is 6.61 Å². The van der Waals surface area contributed by atoms with Gasteiger partial charge in [-0.1, -0.05) is 18.2 Å². The van der Waals surface area contributed by atoms with Gasteiger partial charge in [0, 0.05) is 21.9 Å². The van der Waals surface area contributed by atoms with E-state index in [2.05, 4.69) is 6.07 Å². The highest BCUT2D eigenvalue weighted by Gasteiger charge is 2.03. The first-order chi connectivity index (χ1) is 8.79. The summed E-state index contributed by atoms with van der Waals surface area (Å²) in [4.78, 5) is 1.22. The highest BCUT2D eigenvalue weighted by atomic mass is 32.2. The number of hydrogen-bond donors (Lipinski definition) is 1. The van der Waals surface area contributed by atoms with Crippen LogP contribution in [0.2, 0.25) is 0 Å². The van der Waals surface area contributed by atoms with Crippen LogP contribution >= 0.6 is 11.8 Å². The summed E-state index contributed by atoms with van der Waals surface area (Å²) in [5.41, 5.74) is 7.69. The van der Waals surface area contributed by atoms with E-state index in [1.165, 1.54) is 10.5 Å². The molecule has 2 nitrogen and oxygen atoms in total. The lowest BCUT2D eigenvalue weighted by Crippen LogP contribution is -1.95. The number of hydrogen-bond acceptors (Lipinski definition) is 3. The third-order valence-corrected chi connectivity index (χ3v) is 3.61. The maximum Gasteiger partial charge on any atom is 0.123 e. The third kappa shape index (κ3) is 3.44. The molecule has 0 amide bonds. The molecule has 0 heterocycles. The van der Waals surface area contributed by atoms with Crippen molar-refractivity contribution in [1.82, 2.24) is 0 Å². The first-order valence-electron chi connectivity index (χ1n) is 5.98. The van der Waals surface area contributed by atoms with E-state index >= 15 is 0 Å². The van der Waals surface area contributed by atoms with Crippen molar-refractivity contribution in [3.05, 3.63) is 54.1 Å². The second-order valence-corrected chi connectivity index (χ2v) is 4.95. The Hall–Kier alpha value is -1.61. The topological polar surface area (TPSA) is 35.2 Å². The third-order valence-electron chi connectivity index (χ3n) is 2.55. The van der Waals surface area contributed by atoms with Crippen LogP contribution in [-0.2, 0) is 5.75 Å². The van der Waals surface area contributed by atoms with Crippen LogP contribution in [0, 0.1) is 0 Å². The number of benzene rings is 2. The summed E-state index contributed by atoms with van der Waals surface area (Å²) in [5, 5.41) is 0. The number of rotatable bonds is 5. The van der Waals surface area contributed by atoms with Gasteiger partial charge in [-0.15, -0.1) is 11.8 Å². The molecule has 2 aromatic carbocycles. The van der Waals surface area contributed by atoms with E-state index in [0.29, 0.717) is 6.61 Å². The van der Waals surface area contributed by atoms with Crippen LogP contribution in [0.4, 0.5) is 5.69 Å². The molecule has 0 fully saturated rings. The molecule has 3 heteroatoms. The van der Waals surface area contributed by atoms with Crippen LogP contribution in [0.25, 0.3) is 0 Å². The Morgan fingerprint density at radius 2 is 1.78 bits per heavy atom. The van der Waals surface area contributed by atoms with Crippen molar-refractivity contribution in [3.63, 3.8) is 0 Å². The average Bonchev–Trinajstić information content (AvgIpc) is 2.40. The van der Waals surface area contributed by atoms with Crippen LogP contribution in [0.5, 0.6) is 5.75 Å². The maximum atomic E-state index is 5.67. The molecular formula is C15H17NOS. The van der Waals surface area contributed by atoms with Gasteiger partial charge in [-0.25, -0.2) is 0 Å². The van der Waals surface area contributed by atoms with E-state index in [9.17, 15) is 0 Å². The fourth-order valence-corrected chi connectivity index (χ4v) is 2.53. The molecule has 0 saturated heterocycles. The van der Waals surface area contributed by atoms with Crippen LogP contribution < -0.4 is 10.5 Å². The van der Waals surface area contributed by atoms with E-state index in [1.54, 1.807) is 11.8 Å². The van der Waals surface area contributed by atoms with E-state index in [0.717, 1.165) is 17.2 Å². The summed E-state index contributed by atoms with van der Waals surface area (Å²) in [6.45, 7) is 2.70. The summed E-state index contributed by atoms with van der Waals surface area (Å²) in [6, 6.07) is 16.1. The molecule has 2 rings (SSSR count). The van der Waals surface area contributed by atoms with Gasteiger partial charge in [-0.2, -0.15) is 0 Å². The Kier molecular flexibility index (Phi) is 4.53. The minimum absolute atomic E-state index is 0.698. The number of para-hydroxylation sites is 1. The molecule has 0 unspecified atom stereocenters. The number of anilines is 1. The molecule has 0 radical (unpaired) electrons. The maximum absolute atomic E-state index is 5.67. The molecule has 0 aliphatic heterocycles. The molecule has 0 aliphatic rings. The van der Waals surface area contributed by atoms with Crippen molar-refractivity contribution < 1.29 is 4.74 Å². The Bertz CT molecular complexity index is 496. The van der Waals surface area contributed by atoms with E-state index < -0.39 is 0 Å². The van der Waals surface area contributed by atoms with Gasteiger partial charge < -0.3 is 10.5 Å². The van der Waals surface area contributed by atoms with Gasteiger partial charge in [0.05, 0.1) is 6.61 Å². The van der Waals surface area contributed by atoms with Gasteiger partial charge in [-0.3, -0.25) is 0 Å². The largest absolute Gasteiger partial charge is 0.494 e. The molecule has 94 valence electrons. The smallest absolute Gasteiger partial charge is 0.123 e. The van der Waals surface area contributed by atoms with Gasteiger partial charge in [0.1, 0.15) is 5.75 Å². The van der Waals surface area contributed by atoms with Crippen LogP contribution in [0.3, 0.4) is 0 Å². The van der Waals surface area contributed by atoms with Crippen molar-refractivity contribution in [2.24, 2.45) is 0 Å². The zero-order valence-corrected chi connectivity index (χ0v) is 11.2. The molecule has 0 saturated carbocycles. The molecular weight excluding hydrogens is 242 g/mol. The first-order valence-corrected chi connectivity index (χ1v) is 6.97. The van der Waals surface area contributed by atoms with Gasteiger partial charge >= 0.3 is 0 Å². The molecule has 0 aromatic heterocycles. The number of ether oxygens (including phenoxy) is 1. The van der Waals surface area contributed by atoms with Gasteiger partial charge in [-0.05, 0) is 37.3 Å².